The molecule has 0 saturated heterocycles. The Morgan fingerprint density at radius 1 is 1.08 bits per heavy atom. The number of carbonyl (C=O) groups excluding carboxylic acids is 2. The SMILES string of the molecule is CCCNC(=O)[C@@H](CC)N(Cc1ccccc1Cl)C(=O)CCCN(c1ccc2c(c1)OCCO2)S(C)(=O)=O. The number of benzene rings is 2. The van der Waals surface area contributed by atoms with Crippen LogP contribution in [0.2, 0.25) is 5.02 Å². The summed E-state index contributed by atoms with van der Waals surface area (Å²) in [6.07, 6.45) is 2.64. The van der Waals surface area contributed by atoms with E-state index >= 15 is 0 Å². The largest absolute Gasteiger partial charge is 0.486 e. The number of fused-ring (bicyclic) bond motifs is 1. The minimum Gasteiger partial charge on any atom is -0.486 e. The van der Waals surface area contributed by atoms with Crippen LogP contribution in [0.4, 0.5) is 5.69 Å². The molecule has 0 fully saturated rings. The fraction of sp³-hybridized carbons (Fsp3) is 0.481. The van der Waals surface area contributed by atoms with Crippen LogP contribution in [0.3, 0.4) is 0 Å². The molecule has 1 heterocycles. The highest BCUT2D eigenvalue weighted by Crippen LogP contribution is 2.34. The lowest BCUT2D eigenvalue weighted by Gasteiger charge is -2.31. The predicted octanol–water partition coefficient (Wildman–Crippen LogP) is 3.99. The van der Waals surface area contributed by atoms with Crippen molar-refractivity contribution in [3.05, 3.63) is 53.1 Å². The molecule has 1 aliphatic rings. The monoisotopic (exact) mass is 565 g/mol. The van der Waals surface area contributed by atoms with Crippen LogP contribution in [0.5, 0.6) is 11.5 Å². The molecule has 1 aliphatic heterocycles. The van der Waals surface area contributed by atoms with Gasteiger partial charge in [-0.3, -0.25) is 13.9 Å². The Kier molecular flexibility index (Phi) is 10.7. The Hall–Kier alpha value is -2.98. The molecule has 208 valence electrons. The molecule has 0 bridgehead atoms. The zero-order valence-corrected chi connectivity index (χ0v) is 23.7. The maximum atomic E-state index is 13.5. The quantitative estimate of drug-likeness (QED) is 0.394. The molecule has 2 amide bonds. The summed E-state index contributed by atoms with van der Waals surface area (Å²) in [5.41, 5.74) is 1.17. The van der Waals surface area contributed by atoms with Crippen molar-refractivity contribution in [2.45, 2.75) is 52.1 Å². The van der Waals surface area contributed by atoms with Crippen LogP contribution in [-0.4, -0.2) is 63.7 Å². The number of ether oxygens (including phenoxy) is 2. The highest BCUT2D eigenvalue weighted by molar-refractivity contribution is 7.92. The zero-order valence-electron chi connectivity index (χ0n) is 22.1. The maximum Gasteiger partial charge on any atom is 0.242 e. The summed E-state index contributed by atoms with van der Waals surface area (Å²) in [5, 5.41) is 3.39. The van der Waals surface area contributed by atoms with Crippen molar-refractivity contribution < 1.29 is 27.5 Å². The van der Waals surface area contributed by atoms with Gasteiger partial charge in [-0.05, 0) is 43.0 Å². The molecule has 0 unspecified atom stereocenters. The lowest BCUT2D eigenvalue weighted by molar-refractivity contribution is -0.141. The van der Waals surface area contributed by atoms with E-state index in [1.165, 1.54) is 4.31 Å². The van der Waals surface area contributed by atoms with E-state index < -0.39 is 16.1 Å². The van der Waals surface area contributed by atoms with Crippen LogP contribution in [-0.2, 0) is 26.2 Å². The van der Waals surface area contributed by atoms with E-state index in [-0.39, 0.29) is 37.7 Å². The molecule has 0 aromatic heterocycles. The standard InChI is InChI=1S/C27H36ClN3O6S/c1-4-14-29-27(33)23(5-2)30(19-20-9-6-7-10-22(20)28)26(32)11-8-15-31(38(3,34)35)21-12-13-24-25(18-21)37-17-16-36-24/h6-7,9-10,12-13,18,23H,4-5,8,11,14-17,19H2,1-3H3,(H,29,33)/t23-/m1/s1. The minimum atomic E-state index is -3.63. The molecule has 0 saturated carbocycles. The summed E-state index contributed by atoms with van der Waals surface area (Å²) in [5.74, 6) is 0.571. The molecule has 0 radical (unpaired) electrons. The van der Waals surface area contributed by atoms with E-state index in [4.69, 9.17) is 21.1 Å². The lowest BCUT2D eigenvalue weighted by atomic mass is 10.1. The highest BCUT2D eigenvalue weighted by atomic mass is 35.5. The first kappa shape index (κ1) is 29.6. The molecule has 38 heavy (non-hydrogen) atoms. The second-order valence-corrected chi connectivity index (χ2v) is 11.4. The van der Waals surface area contributed by atoms with E-state index in [0.717, 1.165) is 18.2 Å². The van der Waals surface area contributed by atoms with Gasteiger partial charge < -0.3 is 19.7 Å². The molecule has 9 nitrogen and oxygen atoms in total. The van der Waals surface area contributed by atoms with E-state index in [0.29, 0.717) is 48.4 Å². The number of sulfonamides is 1. The Bertz CT molecular complexity index is 1220. The molecule has 11 heteroatoms. The van der Waals surface area contributed by atoms with E-state index in [9.17, 15) is 18.0 Å². The van der Waals surface area contributed by atoms with Gasteiger partial charge in [0.15, 0.2) is 11.5 Å². The maximum absolute atomic E-state index is 13.5. The Morgan fingerprint density at radius 2 is 1.79 bits per heavy atom. The van der Waals surface area contributed by atoms with Crippen LogP contribution in [0.15, 0.2) is 42.5 Å². The van der Waals surface area contributed by atoms with Gasteiger partial charge in [-0.25, -0.2) is 8.42 Å². The fourth-order valence-electron chi connectivity index (χ4n) is 4.29. The Morgan fingerprint density at radius 3 is 2.45 bits per heavy atom. The summed E-state index contributed by atoms with van der Waals surface area (Å²) in [4.78, 5) is 28.0. The summed E-state index contributed by atoms with van der Waals surface area (Å²) in [6, 6.07) is 11.5. The summed E-state index contributed by atoms with van der Waals surface area (Å²) >= 11 is 6.37. The van der Waals surface area contributed by atoms with Crippen LogP contribution in [0.1, 0.15) is 45.1 Å². The molecule has 0 spiro atoms. The molecule has 1 N–H and O–H groups in total. The first-order valence-corrected chi connectivity index (χ1v) is 15.1. The predicted molar refractivity (Wildman–Crippen MR) is 148 cm³/mol. The third kappa shape index (κ3) is 7.77. The van der Waals surface area contributed by atoms with Gasteiger partial charge in [0, 0.05) is 37.1 Å². The molecule has 1 atom stereocenters. The molecular formula is C27H36ClN3O6S. The van der Waals surface area contributed by atoms with E-state index in [2.05, 4.69) is 5.32 Å². The molecule has 0 aliphatic carbocycles. The normalized spacial score (nSPS) is 13.5. The van der Waals surface area contributed by atoms with Crippen molar-refractivity contribution in [2.24, 2.45) is 0 Å². The van der Waals surface area contributed by atoms with Crippen molar-refractivity contribution in [3.63, 3.8) is 0 Å². The van der Waals surface area contributed by atoms with Crippen molar-refractivity contribution in [1.29, 1.82) is 0 Å². The number of nitrogens with one attached hydrogen (secondary N) is 1. The molecule has 2 aromatic carbocycles. The molecule has 2 aromatic rings. The average Bonchev–Trinajstić information content (AvgIpc) is 2.89. The van der Waals surface area contributed by atoms with Crippen LogP contribution in [0, 0.1) is 0 Å². The third-order valence-corrected chi connectivity index (χ3v) is 7.76. The third-order valence-electron chi connectivity index (χ3n) is 6.20. The van der Waals surface area contributed by atoms with Gasteiger partial charge in [0.2, 0.25) is 21.8 Å². The number of hydrogen-bond donors (Lipinski definition) is 1. The zero-order chi connectivity index (χ0) is 27.7. The number of halogens is 1. The van der Waals surface area contributed by atoms with E-state index in [1.54, 1.807) is 35.2 Å². The summed E-state index contributed by atoms with van der Waals surface area (Å²) < 4.78 is 37.6. The molecular weight excluding hydrogens is 530 g/mol. The average molecular weight is 566 g/mol. The number of hydrogen-bond acceptors (Lipinski definition) is 6. The number of nitrogens with zero attached hydrogens (tertiary/aromatic N) is 2. The van der Waals surface area contributed by atoms with Gasteiger partial charge in [-0.15, -0.1) is 0 Å². The Labute approximate surface area is 230 Å². The van der Waals surface area contributed by atoms with Crippen LogP contribution in [0.25, 0.3) is 0 Å². The van der Waals surface area contributed by atoms with Gasteiger partial charge in [0.25, 0.3) is 0 Å². The smallest absolute Gasteiger partial charge is 0.242 e. The van der Waals surface area contributed by atoms with Crippen molar-refractivity contribution in [3.8, 4) is 11.5 Å². The number of carbonyl (C=O) groups is 2. The van der Waals surface area contributed by atoms with Crippen molar-refractivity contribution >= 4 is 39.1 Å². The first-order valence-electron chi connectivity index (χ1n) is 12.8. The molecule has 3 rings (SSSR count). The lowest BCUT2D eigenvalue weighted by Crippen LogP contribution is -2.49. The first-order chi connectivity index (χ1) is 18.2. The summed E-state index contributed by atoms with van der Waals surface area (Å²) in [7, 11) is -3.63. The van der Waals surface area contributed by atoms with Crippen LogP contribution >= 0.6 is 11.6 Å². The van der Waals surface area contributed by atoms with Gasteiger partial charge in [0.1, 0.15) is 19.3 Å². The highest BCUT2D eigenvalue weighted by Gasteiger charge is 2.29. The van der Waals surface area contributed by atoms with Crippen molar-refractivity contribution in [2.75, 3.05) is 36.9 Å². The van der Waals surface area contributed by atoms with Crippen molar-refractivity contribution in [1.82, 2.24) is 10.2 Å². The van der Waals surface area contributed by atoms with Gasteiger partial charge in [0.05, 0.1) is 11.9 Å². The minimum absolute atomic E-state index is 0.0541. The van der Waals surface area contributed by atoms with Crippen LogP contribution < -0.4 is 19.1 Å². The topological polar surface area (TPSA) is 105 Å². The van der Waals surface area contributed by atoms with Gasteiger partial charge in [-0.2, -0.15) is 0 Å². The Balaban J connectivity index is 1.77. The van der Waals surface area contributed by atoms with E-state index in [1.807, 2.05) is 26.0 Å². The number of anilines is 1. The second kappa shape index (κ2) is 13.7. The number of amides is 2. The summed E-state index contributed by atoms with van der Waals surface area (Å²) in [6.45, 7) is 5.42. The van der Waals surface area contributed by atoms with Gasteiger partial charge in [-0.1, -0.05) is 43.6 Å². The second-order valence-electron chi connectivity index (χ2n) is 9.09. The fourth-order valence-corrected chi connectivity index (χ4v) is 5.44. The van der Waals surface area contributed by atoms with Gasteiger partial charge >= 0.3 is 0 Å². The number of rotatable bonds is 13.